The van der Waals surface area contributed by atoms with E-state index in [1.807, 2.05) is 6.92 Å². The molecule has 0 radical (unpaired) electrons. The van der Waals surface area contributed by atoms with Crippen molar-refractivity contribution >= 4 is 5.97 Å². The van der Waals surface area contributed by atoms with Gasteiger partial charge in [-0.1, -0.05) is 6.92 Å². The van der Waals surface area contributed by atoms with Crippen molar-refractivity contribution in [3.8, 4) is 0 Å². The summed E-state index contributed by atoms with van der Waals surface area (Å²) in [6, 6.07) is 0. The first-order chi connectivity index (χ1) is 9.49. The second-order valence-electron chi connectivity index (χ2n) is 7.14. The fourth-order valence-corrected chi connectivity index (χ4v) is 4.42. The Morgan fingerprint density at radius 2 is 2.15 bits per heavy atom. The minimum atomic E-state index is -0.751. The molecular weight excluding hydrogens is 256 g/mol. The highest BCUT2D eigenvalue weighted by Gasteiger charge is 2.60. The van der Waals surface area contributed by atoms with Crippen molar-refractivity contribution in [3.05, 3.63) is 11.1 Å². The Bertz CT molecular complexity index is 497. The van der Waals surface area contributed by atoms with Crippen LogP contribution < -0.4 is 0 Å². The molecule has 3 fully saturated rings. The fraction of sp³-hybridized carbons (Fsp3) is 0.812. The standard InChI is InChI=1S/C16H22O4/c1-8-5-13-16(2,20-13)10(14(8)15(17)18)6-9-3-4-11-12(7-9)19-11/h8-9,11-13H,3-7H2,1-2H3,(H,17,18). The SMILES string of the molecule is CC1CC2OC2(C)C(CC2CCC3OC3C2)=C1C(=O)O. The van der Waals surface area contributed by atoms with E-state index in [0.717, 1.165) is 37.7 Å². The Balaban J connectivity index is 1.61. The van der Waals surface area contributed by atoms with E-state index >= 15 is 0 Å². The molecule has 2 aliphatic carbocycles. The summed E-state index contributed by atoms with van der Waals surface area (Å²) in [5.41, 5.74) is 1.40. The van der Waals surface area contributed by atoms with Crippen LogP contribution in [-0.2, 0) is 14.3 Å². The van der Waals surface area contributed by atoms with Crippen LogP contribution in [0.5, 0.6) is 0 Å². The van der Waals surface area contributed by atoms with Gasteiger partial charge < -0.3 is 14.6 Å². The molecule has 0 bridgehead atoms. The van der Waals surface area contributed by atoms with E-state index in [-0.39, 0.29) is 17.6 Å². The number of carbonyl (C=O) groups is 1. The van der Waals surface area contributed by atoms with Crippen molar-refractivity contribution < 1.29 is 19.4 Å². The van der Waals surface area contributed by atoms with Crippen molar-refractivity contribution in [3.63, 3.8) is 0 Å². The molecule has 6 unspecified atom stereocenters. The quantitative estimate of drug-likeness (QED) is 0.806. The van der Waals surface area contributed by atoms with Crippen LogP contribution in [0.15, 0.2) is 11.1 Å². The highest BCUT2D eigenvalue weighted by atomic mass is 16.6. The van der Waals surface area contributed by atoms with Crippen LogP contribution >= 0.6 is 0 Å². The van der Waals surface area contributed by atoms with E-state index in [2.05, 4.69) is 6.92 Å². The molecule has 2 saturated heterocycles. The zero-order valence-corrected chi connectivity index (χ0v) is 12.1. The van der Waals surface area contributed by atoms with Crippen molar-refractivity contribution in [2.45, 2.75) is 69.9 Å². The molecule has 6 atom stereocenters. The van der Waals surface area contributed by atoms with Gasteiger partial charge in [0.05, 0.1) is 18.3 Å². The molecule has 2 heterocycles. The normalized spacial score (nSPS) is 49.4. The molecule has 0 spiro atoms. The minimum absolute atomic E-state index is 0.108. The third-order valence-electron chi connectivity index (χ3n) is 5.76. The lowest BCUT2D eigenvalue weighted by atomic mass is 9.73. The van der Waals surface area contributed by atoms with Crippen LogP contribution in [0.4, 0.5) is 0 Å². The van der Waals surface area contributed by atoms with E-state index in [4.69, 9.17) is 9.47 Å². The Labute approximate surface area is 119 Å². The molecule has 4 aliphatic rings. The van der Waals surface area contributed by atoms with Crippen LogP contribution in [0, 0.1) is 11.8 Å². The monoisotopic (exact) mass is 278 g/mol. The molecule has 1 saturated carbocycles. The van der Waals surface area contributed by atoms with Gasteiger partial charge >= 0.3 is 5.97 Å². The van der Waals surface area contributed by atoms with Crippen LogP contribution in [0.3, 0.4) is 0 Å². The summed E-state index contributed by atoms with van der Waals surface area (Å²) in [4.78, 5) is 11.7. The third kappa shape index (κ3) is 1.85. The smallest absolute Gasteiger partial charge is 0.331 e. The predicted molar refractivity (Wildman–Crippen MR) is 72.3 cm³/mol. The zero-order chi connectivity index (χ0) is 14.1. The summed E-state index contributed by atoms with van der Waals surface area (Å²) in [6.07, 6.45) is 6.32. The third-order valence-corrected chi connectivity index (χ3v) is 5.76. The number of fused-ring (bicyclic) bond motifs is 2. The average molecular weight is 278 g/mol. The topological polar surface area (TPSA) is 62.4 Å². The number of hydrogen-bond donors (Lipinski definition) is 1. The summed E-state index contributed by atoms with van der Waals surface area (Å²) >= 11 is 0. The van der Waals surface area contributed by atoms with Crippen LogP contribution in [0.1, 0.15) is 46.0 Å². The van der Waals surface area contributed by atoms with Gasteiger partial charge in [0.2, 0.25) is 0 Å². The van der Waals surface area contributed by atoms with Gasteiger partial charge in [-0.3, -0.25) is 0 Å². The van der Waals surface area contributed by atoms with Gasteiger partial charge in [-0.25, -0.2) is 4.79 Å². The van der Waals surface area contributed by atoms with Crippen molar-refractivity contribution in [1.29, 1.82) is 0 Å². The maximum atomic E-state index is 11.7. The van der Waals surface area contributed by atoms with Gasteiger partial charge in [0.25, 0.3) is 0 Å². The minimum Gasteiger partial charge on any atom is -0.478 e. The second kappa shape index (κ2) is 4.08. The number of rotatable bonds is 3. The number of epoxide rings is 2. The van der Waals surface area contributed by atoms with Crippen LogP contribution in [-0.4, -0.2) is 35.0 Å². The van der Waals surface area contributed by atoms with E-state index in [1.54, 1.807) is 0 Å². The number of aliphatic carboxylic acids is 1. The molecule has 1 N–H and O–H groups in total. The Kier molecular flexibility index (Phi) is 2.62. The lowest BCUT2D eigenvalue weighted by Crippen LogP contribution is -2.30. The van der Waals surface area contributed by atoms with E-state index in [9.17, 15) is 9.90 Å². The zero-order valence-electron chi connectivity index (χ0n) is 12.1. The van der Waals surface area contributed by atoms with Gasteiger partial charge in [0.15, 0.2) is 0 Å². The van der Waals surface area contributed by atoms with Crippen LogP contribution in [0.25, 0.3) is 0 Å². The molecule has 4 nitrogen and oxygen atoms in total. The Morgan fingerprint density at radius 1 is 1.35 bits per heavy atom. The number of carboxylic acid groups (broad SMARTS) is 1. The summed E-state index contributed by atoms with van der Waals surface area (Å²) in [5.74, 6) is -0.0781. The average Bonchev–Trinajstić information content (AvgIpc) is 3.24. The van der Waals surface area contributed by atoms with Gasteiger partial charge in [-0.05, 0) is 56.4 Å². The van der Waals surface area contributed by atoms with Crippen molar-refractivity contribution in [2.75, 3.05) is 0 Å². The number of ether oxygens (including phenoxy) is 2. The molecule has 0 aromatic carbocycles. The van der Waals surface area contributed by atoms with Gasteiger partial charge in [0.1, 0.15) is 5.60 Å². The van der Waals surface area contributed by atoms with Gasteiger partial charge in [0, 0.05) is 5.57 Å². The molecular formula is C16H22O4. The lowest BCUT2D eigenvalue weighted by molar-refractivity contribution is -0.133. The number of carboxylic acids is 1. The number of hydrogen-bond acceptors (Lipinski definition) is 3. The summed E-state index contributed by atoms with van der Waals surface area (Å²) in [7, 11) is 0. The van der Waals surface area contributed by atoms with Crippen molar-refractivity contribution in [1.82, 2.24) is 0 Å². The maximum absolute atomic E-state index is 11.7. The maximum Gasteiger partial charge on any atom is 0.331 e. The first-order valence-corrected chi connectivity index (χ1v) is 7.79. The molecule has 0 aromatic heterocycles. The van der Waals surface area contributed by atoms with E-state index in [1.165, 1.54) is 0 Å². The first kappa shape index (κ1) is 12.8. The highest BCUT2D eigenvalue weighted by Crippen LogP contribution is 2.55. The highest BCUT2D eigenvalue weighted by molar-refractivity contribution is 5.89. The van der Waals surface area contributed by atoms with E-state index < -0.39 is 5.97 Å². The molecule has 4 rings (SSSR count). The summed E-state index contributed by atoms with van der Waals surface area (Å²) in [6.45, 7) is 4.09. The first-order valence-electron chi connectivity index (χ1n) is 7.79. The molecule has 0 amide bonds. The predicted octanol–water partition coefficient (Wildman–Crippen LogP) is 2.52. The Hall–Kier alpha value is -0.870. The van der Waals surface area contributed by atoms with Gasteiger partial charge in [-0.2, -0.15) is 0 Å². The second-order valence-corrected chi connectivity index (χ2v) is 7.14. The molecule has 0 aromatic rings. The molecule has 20 heavy (non-hydrogen) atoms. The molecule has 110 valence electrons. The lowest BCUT2D eigenvalue weighted by Gasteiger charge is -2.29. The summed E-state index contributed by atoms with van der Waals surface area (Å²) in [5, 5.41) is 9.58. The molecule has 2 aliphatic heterocycles. The van der Waals surface area contributed by atoms with Crippen LogP contribution in [0.2, 0.25) is 0 Å². The van der Waals surface area contributed by atoms with E-state index in [0.29, 0.717) is 23.7 Å². The fourth-order valence-electron chi connectivity index (χ4n) is 4.42. The van der Waals surface area contributed by atoms with Crippen molar-refractivity contribution in [2.24, 2.45) is 11.8 Å². The largest absolute Gasteiger partial charge is 0.478 e. The summed E-state index contributed by atoms with van der Waals surface area (Å²) < 4.78 is 11.4. The molecule has 4 heteroatoms. The van der Waals surface area contributed by atoms with Gasteiger partial charge in [-0.15, -0.1) is 0 Å². The Morgan fingerprint density at radius 3 is 2.85 bits per heavy atom.